The first-order valence-electron chi connectivity index (χ1n) is 6.24. The first kappa shape index (κ1) is 17.3. The summed E-state index contributed by atoms with van der Waals surface area (Å²) >= 11 is 0. The van der Waals surface area contributed by atoms with Crippen LogP contribution in [0.3, 0.4) is 0 Å². The number of rotatable bonds is 0. The summed E-state index contributed by atoms with van der Waals surface area (Å²) in [4.78, 5) is 12.7. The zero-order chi connectivity index (χ0) is 14.7. The van der Waals surface area contributed by atoms with Gasteiger partial charge in [0, 0.05) is 26.2 Å². The largest absolute Gasteiger partial charge is 0.307 e. The fraction of sp³-hybridized carbons (Fsp3) is 0.467. The van der Waals surface area contributed by atoms with E-state index >= 15 is 0 Å². The van der Waals surface area contributed by atoms with Gasteiger partial charge in [-0.1, -0.05) is 17.7 Å². The number of benzene rings is 1. The van der Waals surface area contributed by atoms with Gasteiger partial charge in [-0.3, -0.25) is 0 Å². The van der Waals surface area contributed by atoms with E-state index in [0.29, 0.717) is 0 Å². The molecule has 2 rings (SSSR count). The van der Waals surface area contributed by atoms with Crippen LogP contribution in [0.1, 0.15) is 11.1 Å². The van der Waals surface area contributed by atoms with Crippen LogP contribution in [0.4, 0.5) is 0 Å². The van der Waals surface area contributed by atoms with Crippen LogP contribution in [0.15, 0.2) is 24.3 Å². The minimum Gasteiger partial charge on any atom is -0.307 e. The third-order valence-electron chi connectivity index (χ3n) is 2.91. The maximum atomic E-state index is 8.38. The Hall–Kier alpha value is -1.70. The van der Waals surface area contributed by atoms with E-state index in [4.69, 9.17) is 10.1 Å². The standard InChI is InChI=1S/C8H7N.C6H14N2.CH2O/c1-7-2-4-8(6-9)5-3-7;1-7-3-5-8(2)6-4-7;1-2/h2-5H,1H3;3-6H2,1-2H3;1H2. The highest BCUT2D eigenvalue weighted by molar-refractivity contribution is 5.30. The van der Waals surface area contributed by atoms with Crippen molar-refractivity contribution in [1.82, 2.24) is 9.80 Å². The summed E-state index contributed by atoms with van der Waals surface area (Å²) in [6.07, 6.45) is 0. The SMILES string of the molecule is C=O.CN1CCN(C)CC1.Cc1ccc(C#N)cc1. The number of aryl methyl sites for hydroxylation is 1. The molecule has 1 heterocycles. The molecule has 0 aliphatic carbocycles. The summed E-state index contributed by atoms with van der Waals surface area (Å²) in [6.45, 7) is 8.93. The van der Waals surface area contributed by atoms with E-state index in [1.165, 1.54) is 31.7 Å². The molecule has 0 unspecified atom stereocenters. The topological polar surface area (TPSA) is 47.3 Å². The summed E-state index contributed by atoms with van der Waals surface area (Å²) in [6, 6.07) is 9.54. The van der Waals surface area contributed by atoms with Crippen molar-refractivity contribution in [2.75, 3.05) is 40.3 Å². The molecule has 1 aliphatic heterocycles. The Morgan fingerprint density at radius 3 is 1.68 bits per heavy atom. The van der Waals surface area contributed by atoms with Gasteiger partial charge in [-0.2, -0.15) is 5.26 Å². The van der Waals surface area contributed by atoms with Gasteiger partial charge in [-0.15, -0.1) is 0 Å². The van der Waals surface area contributed by atoms with Crippen LogP contribution >= 0.6 is 0 Å². The van der Waals surface area contributed by atoms with Gasteiger partial charge in [-0.25, -0.2) is 0 Å². The van der Waals surface area contributed by atoms with E-state index in [-0.39, 0.29) is 0 Å². The van der Waals surface area contributed by atoms with E-state index < -0.39 is 0 Å². The van der Waals surface area contributed by atoms with E-state index in [2.05, 4.69) is 30.0 Å². The molecule has 0 saturated carbocycles. The predicted octanol–water partition coefficient (Wildman–Crippen LogP) is 1.55. The van der Waals surface area contributed by atoms with Gasteiger partial charge >= 0.3 is 0 Å². The van der Waals surface area contributed by atoms with Crippen LogP contribution in [-0.4, -0.2) is 56.9 Å². The molecule has 0 aromatic heterocycles. The van der Waals surface area contributed by atoms with Gasteiger partial charge in [0.05, 0.1) is 11.6 Å². The minimum absolute atomic E-state index is 0.723. The number of nitrogens with zero attached hydrogens (tertiary/aromatic N) is 3. The average molecular weight is 261 g/mol. The summed E-state index contributed by atoms with van der Waals surface area (Å²) < 4.78 is 0. The molecule has 4 heteroatoms. The first-order valence-corrected chi connectivity index (χ1v) is 6.24. The monoisotopic (exact) mass is 261 g/mol. The molecule has 4 nitrogen and oxygen atoms in total. The Morgan fingerprint density at radius 1 is 1.00 bits per heavy atom. The molecule has 1 saturated heterocycles. The summed E-state index contributed by atoms with van der Waals surface area (Å²) in [5.74, 6) is 0. The number of carbonyl (C=O) groups is 1. The third kappa shape index (κ3) is 8.09. The lowest BCUT2D eigenvalue weighted by molar-refractivity contribution is -0.0979. The molecule has 1 aliphatic rings. The van der Waals surface area contributed by atoms with E-state index in [9.17, 15) is 0 Å². The molecule has 0 bridgehead atoms. The molecule has 0 N–H and O–H groups in total. The van der Waals surface area contributed by atoms with Crippen LogP contribution in [-0.2, 0) is 4.79 Å². The Labute approximate surface area is 116 Å². The Morgan fingerprint density at radius 2 is 1.37 bits per heavy atom. The molecule has 1 fully saturated rings. The molecule has 19 heavy (non-hydrogen) atoms. The average Bonchev–Trinajstić information content (AvgIpc) is 2.46. The number of hydrogen-bond donors (Lipinski definition) is 0. The normalized spacial score (nSPS) is 15.3. The quantitative estimate of drug-likeness (QED) is 0.711. The van der Waals surface area contributed by atoms with Crippen molar-refractivity contribution in [3.8, 4) is 6.07 Å². The maximum Gasteiger partial charge on any atom is 0.106 e. The summed E-state index contributed by atoms with van der Waals surface area (Å²) in [7, 11) is 4.35. The molecule has 0 amide bonds. The van der Waals surface area contributed by atoms with Crippen LogP contribution < -0.4 is 0 Å². The zero-order valence-corrected chi connectivity index (χ0v) is 12.1. The fourth-order valence-corrected chi connectivity index (χ4v) is 1.53. The molecule has 0 spiro atoms. The Kier molecular flexibility index (Phi) is 9.33. The van der Waals surface area contributed by atoms with Crippen molar-refractivity contribution >= 4 is 6.79 Å². The smallest absolute Gasteiger partial charge is 0.106 e. The number of likely N-dealkylation sites (N-methyl/N-ethyl adjacent to an activating group) is 2. The Bertz CT molecular complexity index is 365. The second-order valence-electron chi connectivity index (χ2n) is 4.58. The molecule has 0 radical (unpaired) electrons. The molecule has 1 aromatic carbocycles. The third-order valence-corrected chi connectivity index (χ3v) is 2.91. The Balaban J connectivity index is 0.000000303. The highest BCUT2D eigenvalue weighted by Gasteiger charge is 2.07. The zero-order valence-electron chi connectivity index (χ0n) is 12.1. The number of nitriles is 1. The lowest BCUT2D eigenvalue weighted by Gasteiger charge is -2.28. The van der Waals surface area contributed by atoms with Gasteiger partial charge in [0.1, 0.15) is 6.79 Å². The molecule has 1 aromatic rings. The van der Waals surface area contributed by atoms with Crippen molar-refractivity contribution in [3.05, 3.63) is 35.4 Å². The van der Waals surface area contributed by atoms with Crippen LogP contribution in [0.5, 0.6) is 0 Å². The van der Waals surface area contributed by atoms with E-state index in [1.54, 1.807) is 0 Å². The minimum atomic E-state index is 0.723. The highest BCUT2D eigenvalue weighted by atomic mass is 16.1. The lowest BCUT2D eigenvalue weighted by atomic mass is 10.2. The maximum absolute atomic E-state index is 8.38. The van der Waals surface area contributed by atoms with Gasteiger partial charge in [-0.05, 0) is 33.2 Å². The van der Waals surface area contributed by atoms with Gasteiger partial charge < -0.3 is 14.6 Å². The lowest BCUT2D eigenvalue weighted by Crippen LogP contribution is -2.42. The van der Waals surface area contributed by atoms with Gasteiger partial charge in [0.25, 0.3) is 0 Å². The summed E-state index contributed by atoms with van der Waals surface area (Å²) in [5, 5.41) is 8.38. The first-order chi connectivity index (χ1) is 9.11. The van der Waals surface area contributed by atoms with E-state index in [1.807, 2.05) is 38.0 Å². The summed E-state index contributed by atoms with van der Waals surface area (Å²) in [5.41, 5.74) is 1.91. The van der Waals surface area contributed by atoms with E-state index in [0.717, 1.165) is 5.56 Å². The highest BCUT2D eigenvalue weighted by Crippen LogP contribution is 1.99. The van der Waals surface area contributed by atoms with Crippen molar-refractivity contribution < 1.29 is 4.79 Å². The van der Waals surface area contributed by atoms with Gasteiger partial charge in [0.2, 0.25) is 0 Å². The van der Waals surface area contributed by atoms with Crippen molar-refractivity contribution in [2.45, 2.75) is 6.92 Å². The predicted molar refractivity (Wildman–Crippen MR) is 78.0 cm³/mol. The van der Waals surface area contributed by atoms with Crippen LogP contribution in [0, 0.1) is 18.3 Å². The van der Waals surface area contributed by atoms with Crippen molar-refractivity contribution in [2.24, 2.45) is 0 Å². The van der Waals surface area contributed by atoms with Crippen molar-refractivity contribution in [3.63, 3.8) is 0 Å². The second kappa shape index (κ2) is 10.2. The second-order valence-corrected chi connectivity index (χ2v) is 4.58. The number of hydrogen-bond acceptors (Lipinski definition) is 4. The van der Waals surface area contributed by atoms with Gasteiger partial charge in [0.15, 0.2) is 0 Å². The molecular formula is C15H23N3O. The fourth-order valence-electron chi connectivity index (χ4n) is 1.53. The molecular weight excluding hydrogens is 238 g/mol. The molecule has 0 atom stereocenters. The number of piperazine rings is 1. The number of carbonyl (C=O) groups excluding carboxylic acids is 1. The molecule has 104 valence electrons. The van der Waals surface area contributed by atoms with Crippen LogP contribution in [0.2, 0.25) is 0 Å². The van der Waals surface area contributed by atoms with Crippen molar-refractivity contribution in [1.29, 1.82) is 5.26 Å². The van der Waals surface area contributed by atoms with Crippen LogP contribution in [0.25, 0.3) is 0 Å².